The summed E-state index contributed by atoms with van der Waals surface area (Å²) in [5.74, 6) is 0. The molecule has 2 aromatic heterocycles. The molecule has 0 aliphatic heterocycles. The molecule has 7 nitrogen and oxygen atoms in total. The van der Waals surface area contributed by atoms with Gasteiger partial charge in [-0.25, -0.2) is 23.1 Å². The smallest absolute Gasteiger partial charge is 0.242 e. The molecule has 0 atom stereocenters. The molecule has 0 spiro atoms. The molecule has 96 valence electrons. The Bertz CT molecular complexity index is 609. The van der Waals surface area contributed by atoms with Crippen LogP contribution in [0, 0.1) is 0 Å². The van der Waals surface area contributed by atoms with Crippen molar-refractivity contribution in [1.82, 2.24) is 19.7 Å². The van der Waals surface area contributed by atoms with Crippen LogP contribution in [0.1, 0.15) is 11.4 Å². The van der Waals surface area contributed by atoms with Gasteiger partial charge in [-0.2, -0.15) is 0 Å². The third-order valence-corrected chi connectivity index (χ3v) is 3.66. The predicted octanol–water partition coefficient (Wildman–Crippen LogP) is -0.225. The van der Waals surface area contributed by atoms with Crippen molar-refractivity contribution in [2.24, 2.45) is 0 Å². The van der Waals surface area contributed by atoms with Crippen molar-refractivity contribution < 1.29 is 13.5 Å². The molecule has 2 rings (SSSR count). The maximum atomic E-state index is 11.9. The van der Waals surface area contributed by atoms with Gasteiger partial charge in [-0.15, -0.1) is 0 Å². The molecule has 18 heavy (non-hydrogen) atoms. The molecule has 0 saturated heterocycles. The van der Waals surface area contributed by atoms with Gasteiger partial charge in [0, 0.05) is 18.1 Å². The van der Waals surface area contributed by atoms with Gasteiger partial charge in [-0.1, -0.05) is 0 Å². The summed E-state index contributed by atoms with van der Waals surface area (Å²) in [5.41, 5.74) is 1.02. The molecule has 2 heterocycles. The summed E-state index contributed by atoms with van der Waals surface area (Å²) >= 11 is 0. The minimum Gasteiger partial charge on any atom is -0.390 e. The van der Waals surface area contributed by atoms with Gasteiger partial charge in [0.15, 0.2) is 0 Å². The molecular formula is C10H12N4O3S. The predicted molar refractivity (Wildman–Crippen MR) is 62.8 cm³/mol. The minimum atomic E-state index is -3.60. The fourth-order valence-corrected chi connectivity index (χ4v) is 2.36. The first kappa shape index (κ1) is 12.7. The number of sulfonamides is 1. The number of nitrogens with one attached hydrogen (secondary N) is 2. The molecule has 0 saturated carbocycles. The van der Waals surface area contributed by atoms with Gasteiger partial charge < -0.3 is 10.1 Å². The zero-order valence-electron chi connectivity index (χ0n) is 9.37. The number of nitrogens with zero attached hydrogens (tertiary/aromatic N) is 2. The Kier molecular flexibility index (Phi) is 3.70. The average molecular weight is 268 g/mol. The fourth-order valence-electron chi connectivity index (χ4n) is 1.34. The van der Waals surface area contributed by atoms with Crippen molar-refractivity contribution in [2.45, 2.75) is 18.0 Å². The zero-order valence-corrected chi connectivity index (χ0v) is 10.2. The molecule has 0 radical (unpaired) electrons. The first-order chi connectivity index (χ1) is 8.62. The summed E-state index contributed by atoms with van der Waals surface area (Å²) in [6, 6.07) is 3.00. The Morgan fingerprint density at radius 2 is 2.28 bits per heavy atom. The number of aromatic amines is 1. The second-order valence-corrected chi connectivity index (χ2v) is 5.31. The standard InChI is InChI=1S/C10H12N4O3S/c15-6-9-3-10(5-12-9)18(16,17)14-4-8-1-2-11-7-13-8/h1-3,5,7,12,14-15H,4,6H2. The third kappa shape index (κ3) is 2.92. The maximum absolute atomic E-state index is 11.9. The molecule has 2 aromatic rings. The molecule has 0 aromatic carbocycles. The molecule has 0 fully saturated rings. The van der Waals surface area contributed by atoms with Crippen LogP contribution >= 0.6 is 0 Å². The highest BCUT2D eigenvalue weighted by Crippen LogP contribution is 2.10. The van der Waals surface area contributed by atoms with Crippen LogP contribution in [0.3, 0.4) is 0 Å². The Hall–Kier alpha value is -1.77. The van der Waals surface area contributed by atoms with Crippen LogP contribution in [0.25, 0.3) is 0 Å². The molecule has 0 aliphatic rings. The highest BCUT2D eigenvalue weighted by Gasteiger charge is 2.15. The molecular weight excluding hydrogens is 256 g/mol. The minimum absolute atomic E-state index is 0.0839. The van der Waals surface area contributed by atoms with Gasteiger partial charge in [0.05, 0.1) is 23.7 Å². The van der Waals surface area contributed by atoms with E-state index in [1.807, 2.05) is 0 Å². The van der Waals surface area contributed by atoms with Crippen LogP contribution in [0.4, 0.5) is 0 Å². The van der Waals surface area contributed by atoms with Crippen molar-refractivity contribution in [2.75, 3.05) is 0 Å². The Balaban J connectivity index is 2.08. The number of rotatable bonds is 5. The molecule has 8 heteroatoms. The second kappa shape index (κ2) is 5.25. The number of aliphatic hydroxyl groups excluding tert-OH is 1. The highest BCUT2D eigenvalue weighted by atomic mass is 32.2. The summed E-state index contributed by atoms with van der Waals surface area (Å²) in [5, 5.41) is 8.86. The van der Waals surface area contributed by atoms with Crippen molar-refractivity contribution >= 4 is 10.0 Å². The molecule has 3 N–H and O–H groups in total. The second-order valence-electron chi connectivity index (χ2n) is 3.54. The third-order valence-electron chi connectivity index (χ3n) is 2.28. The lowest BCUT2D eigenvalue weighted by atomic mass is 10.4. The summed E-state index contributed by atoms with van der Waals surface area (Å²) in [6.45, 7) is -0.147. The maximum Gasteiger partial charge on any atom is 0.242 e. The van der Waals surface area contributed by atoms with Gasteiger partial charge >= 0.3 is 0 Å². The van der Waals surface area contributed by atoms with E-state index >= 15 is 0 Å². The monoisotopic (exact) mass is 268 g/mol. The van der Waals surface area contributed by atoms with Crippen molar-refractivity contribution in [3.8, 4) is 0 Å². The van der Waals surface area contributed by atoms with Crippen LogP contribution in [-0.2, 0) is 23.2 Å². The van der Waals surface area contributed by atoms with E-state index < -0.39 is 10.0 Å². The summed E-state index contributed by atoms with van der Waals surface area (Å²) in [4.78, 5) is 10.4. The SMILES string of the molecule is O=S(=O)(NCc1ccncn1)c1c[nH]c(CO)c1. The van der Waals surface area contributed by atoms with E-state index in [4.69, 9.17) is 5.11 Å². The lowest BCUT2D eigenvalue weighted by molar-refractivity contribution is 0.277. The van der Waals surface area contributed by atoms with Gasteiger partial charge in [0.2, 0.25) is 10.0 Å². The van der Waals surface area contributed by atoms with E-state index in [0.717, 1.165) is 0 Å². The van der Waals surface area contributed by atoms with E-state index in [1.165, 1.54) is 24.8 Å². The first-order valence-electron chi connectivity index (χ1n) is 5.14. The largest absolute Gasteiger partial charge is 0.390 e. The number of aliphatic hydroxyl groups is 1. The number of H-pyrrole nitrogens is 1. The van der Waals surface area contributed by atoms with Crippen molar-refractivity contribution in [1.29, 1.82) is 0 Å². The van der Waals surface area contributed by atoms with E-state index in [1.54, 1.807) is 6.07 Å². The van der Waals surface area contributed by atoms with Crippen LogP contribution < -0.4 is 4.72 Å². The molecule has 0 bridgehead atoms. The van der Waals surface area contributed by atoms with Gasteiger partial charge in [-0.05, 0) is 12.1 Å². The van der Waals surface area contributed by atoms with E-state index in [-0.39, 0.29) is 18.0 Å². The lowest BCUT2D eigenvalue weighted by Crippen LogP contribution is -2.23. The number of hydrogen-bond donors (Lipinski definition) is 3. The normalized spacial score (nSPS) is 11.6. The zero-order chi connectivity index (χ0) is 13.0. The Morgan fingerprint density at radius 1 is 1.44 bits per heavy atom. The Labute approximate surface area is 104 Å². The van der Waals surface area contributed by atoms with Crippen LogP contribution in [-0.4, -0.2) is 28.5 Å². The summed E-state index contributed by atoms with van der Waals surface area (Å²) in [7, 11) is -3.60. The van der Waals surface area contributed by atoms with Crippen LogP contribution in [0.5, 0.6) is 0 Å². The molecule has 0 unspecified atom stereocenters. The summed E-state index contributed by atoms with van der Waals surface area (Å²) < 4.78 is 26.2. The molecule has 0 aliphatic carbocycles. The fraction of sp³-hybridized carbons (Fsp3) is 0.200. The van der Waals surface area contributed by atoms with Gasteiger partial charge in [0.25, 0.3) is 0 Å². The summed E-state index contributed by atoms with van der Waals surface area (Å²) in [6.07, 6.45) is 4.22. The van der Waals surface area contributed by atoms with Crippen LogP contribution in [0.15, 0.2) is 35.7 Å². The van der Waals surface area contributed by atoms with Crippen molar-refractivity contribution in [3.05, 3.63) is 42.2 Å². The number of aromatic nitrogens is 3. The Morgan fingerprint density at radius 3 is 2.89 bits per heavy atom. The highest BCUT2D eigenvalue weighted by molar-refractivity contribution is 7.89. The van der Waals surface area contributed by atoms with Gasteiger partial charge in [0.1, 0.15) is 6.33 Å². The van der Waals surface area contributed by atoms with E-state index in [0.29, 0.717) is 11.4 Å². The average Bonchev–Trinajstić information content (AvgIpc) is 2.87. The molecule has 0 amide bonds. The lowest BCUT2D eigenvalue weighted by Gasteiger charge is -2.03. The van der Waals surface area contributed by atoms with Crippen molar-refractivity contribution in [3.63, 3.8) is 0 Å². The van der Waals surface area contributed by atoms with E-state index in [2.05, 4.69) is 19.7 Å². The first-order valence-corrected chi connectivity index (χ1v) is 6.63. The van der Waals surface area contributed by atoms with Gasteiger partial charge in [-0.3, -0.25) is 0 Å². The van der Waals surface area contributed by atoms with E-state index in [9.17, 15) is 8.42 Å². The topological polar surface area (TPSA) is 108 Å². The number of hydrogen-bond acceptors (Lipinski definition) is 5. The quantitative estimate of drug-likeness (QED) is 0.694. The van der Waals surface area contributed by atoms with Crippen LogP contribution in [0.2, 0.25) is 0 Å².